The van der Waals surface area contributed by atoms with Crippen LogP contribution in [0.4, 0.5) is 0 Å². The van der Waals surface area contributed by atoms with E-state index in [1.807, 2.05) is 11.9 Å². The van der Waals surface area contributed by atoms with Crippen LogP contribution in [0.1, 0.15) is 31.0 Å². The first-order valence-electron chi connectivity index (χ1n) is 7.40. The summed E-state index contributed by atoms with van der Waals surface area (Å²) in [5, 5.41) is 0. The molecule has 1 nitrogen and oxygen atoms in total. The van der Waals surface area contributed by atoms with Gasteiger partial charge in [-0.1, -0.05) is 83.8 Å². The van der Waals surface area contributed by atoms with Gasteiger partial charge in [-0.25, -0.2) is 4.31 Å². The molecular formula is C19H21NS. The van der Waals surface area contributed by atoms with Crippen LogP contribution in [0.2, 0.25) is 0 Å². The average molecular weight is 295 g/mol. The van der Waals surface area contributed by atoms with Gasteiger partial charge in [0.15, 0.2) is 0 Å². The Labute approximate surface area is 131 Å². The lowest BCUT2D eigenvalue weighted by Gasteiger charge is -2.35. The first-order valence-corrected chi connectivity index (χ1v) is 8.34. The molecule has 2 aromatic carbocycles. The van der Waals surface area contributed by atoms with Crippen molar-refractivity contribution in [3.63, 3.8) is 0 Å². The molecule has 108 valence electrons. The van der Waals surface area contributed by atoms with Crippen molar-refractivity contribution in [2.75, 3.05) is 12.3 Å². The van der Waals surface area contributed by atoms with Gasteiger partial charge in [0.1, 0.15) is 0 Å². The minimum Gasteiger partial charge on any atom is -0.234 e. The van der Waals surface area contributed by atoms with Crippen molar-refractivity contribution in [3.05, 3.63) is 82.9 Å². The predicted molar refractivity (Wildman–Crippen MR) is 92.3 cm³/mol. The third kappa shape index (κ3) is 3.22. The smallest absolute Gasteiger partial charge is 0.0705 e. The highest BCUT2D eigenvalue weighted by molar-refractivity contribution is 7.97. The second kappa shape index (κ2) is 6.50. The van der Waals surface area contributed by atoms with Crippen molar-refractivity contribution in [2.45, 2.75) is 19.9 Å². The van der Waals surface area contributed by atoms with Crippen LogP contribution in [0.25, 0.3) is 0 Å². The van der Waals surface area contributed by atoms with Gasteiger partial charge in [0, 0.05) is 12.3 Å². The average Bonchev–Trinajstić information content (AvgIpc) is 2.53. The number of rotatable bonds is 3. The molecule has 0 saturated carbocycles. The zero-order valence-electron chi connectivity index (χ0n) is 12.6. The Bertz CT molecular complexity index is 579. The van der Waals surface area contributed by atoms with Crippen molar-refractivity contribution >= 4 is 11.9 Å². The van der Waals surface area contributed by atoms with E-state index in [0.29, 0.717) is 6.04 Å². The molecule has 2 aromatic rings. The second-order valence-electron chi connectivity index (χ2n) is 5.63. The van der Waals surface area contributed by atoms with E-state index in [2.05, 4.69) is 78.8 Å². The minimum atomic E-state index is 0.320. The predicted octanol–water partition coefficient (Wildman–Crippen LogP) is 5.08. The van der Waals surface area contributed by atoms with Crippen LogP contribution in [0.3, 0.4) is 0 Å². The van der Waals surface area contributed by atoms with Crippen LogP contribution in [-0.4, -0.2) is 16.6 Å². The molecular weight excluding hydrogens is 274 g/mol. The monoisotopic (exact) mass is 295 g/mol. The van der Waals surface area contributed by atoms with Crippen molar-refractivity contribution in [1.82, 2.24) is 4.31 Å². The maximum absolute atomic E-state index is 2.52. The minimum absolute atomic E-state index is 0.320. The fraction of sp³-hybridized carbons (Fsp3) is 0.263. The van der Waals surface area contributed by atoms with Crippen molar-refractivity contribution in [2.24, 2.45) is 0 Å². The molecule has 0 saturated heterocycles. The number of benzene rings is 2. The third-order valence-electron chi connectivity index (χ3n) is 4.09. The van der Waals surface area contributed by atoms with Crippen LogP contribution in [0.15, 0.2) is 71.8 Å². The van der Waals surface area contributed by atoms with Gasteiger partial charge in [-0.05, 0) is 25.0 Å². The quantitative estimate of drug-likeness (QED) is 0.574. The van der Waals surface area contributed by atoms with Crippen LogP contribution in [-0.2, 0) is 0 Å². The third-order valence-corrected chi connectivity index (χ3v) is 5.32. The molecule has 0 unspecified atom stereocenters. The van der Waals surface area contributed by atoms with Crippen molar-refractivity contribution in [3.8, 4) is 0 Å². The first kappa shape index (κ1) is 14.4. The van der Waals surface area contributed by atoms with Crippen LogP contribution >= 0.6 is 11.9 Å². The van der Waals surface area contributed by atoms with Gasteiger partial charge in [-0.3, -0.25) is 0 Å². The SMILES string of the molecule is CC1=C(C)CN(C(c2ccccc2)c2ccccc2)SC1. The second-order valence-corrected chi connectivity index (χ2v) is 6.65. The molecule has 2 heteroatoms. The summed E-state index contributed by atoms with van der Waals surface area (Å²) in [5.41, 5.74) is 5.76. The Kier molecular flexibility index (Phi) is 4.47. The van der Waals surface area contributed by atoms with Crippen molar-refractivity contribution < 1.29 is 0 Å². The van der Waals surface area contributed by atoms with E-state index in [1.54, 1.807) is 0 Å². The summed E-state index contributed by atoms with van der Waals surface area (Å²) in [6.45, 7) is 5.54. The van der Waals surface area contributed by atoms with Gasteiger partial charge in [-0.2, -0.15) is 0 Å². The summed E-state index contributed by atoms with van der Waals surface area (Å²) in [6.07, 6.45) is 0. The summed E-state index contributed by atoms with van der Waals surface area (Å²) in [7, 11) is 0. The number of hydrogen-bond acceptors (Lipinski definition) is 2. The Hall–Kier alpha value is -1.51. The number of nitrogens with zero attached hydrogens (tertiary/aromatic N) is 1. The molecule has 3 rings (SSSR count). The van der Waals surface area contributed by atoms with Gasteiger partial charge >= 0.3 is 0 Å². The van der Waals surface area contributed by atoms with Gasteiger partial charge in [0.05, 0.1) is 6.04 Å². The first-order chi connectivity index (χ1) is 10.3. The van der Waals surface area contributed by atoms with Gasteiger partial charge in [0.2, 0.25) is 0 Å². The maximum Gasteiger partial charge on any atom is 0.0705 e. The lowest BCUT2D eigenvalue weighted by Crippen LogP contribution is -2.28. The van der Waals surface area contributed by atoms with Crippen LogP contribution in [0.5, 0.6) is 0 Å². The summed E-state index contributed by atoms with van der Waals surface area (Å²) in [6, 6.07) is 22.0. The fourth-order valence-electron chi connectivity index (χ4n) is 2.68. The zero-order chi connectivity index (χ0) is 14.7. The highest BCUT2D eigenvalue weighted by atomic mass is 32.2. The molecule has 0 amide bonds. The lowest BCUT2D eigenvalue weighted by molar-refractivity contribution is 0.429. The summed E-state index contributed by atoms with van der Waals surface area (Å²) in [5.74, 6) is 1.10. The van der Waals surface area contributed by atoms with Crippen LogP contribution < -0.4 is 0 Å². The molecule has 0 spiro atoms. The normalized spacial score (nSPS) is 16.5. The molecule has 0 aliphatic carbocycles. The van der Waals surface area contributed by atoms with E-state index in [0.717, 1.165) is 12.3 Å². The van der Waals surface area contributed by atoms with E-state index in [-0.39, 0.29) is 0 Å². The molecule has 0 fully saturated rings. The Morgan fingerprint density at radius 3 is 1.81 bits per heavy atom. The summed E-state index contributed by atoms with van der Waals surface area (Å²) < 4.78 is 2.52. The molecule has 0 atom stereocenters. The topological polar surface area (TPSA) is 3.24 Å². The standard InChI is InChI=1S/C19H21NS/c1-15-13-20(21-14-16(15)2)19(17-9-5-3-6-10-17)18-11-7-4-8-12-18/h3-12,19H,13-14H2,1-2H3. The lowest BCUT2D eigenvalue weighted by atomic mass is 9.98. The Balaban J connectivity index is 1.98. The maximum atomic E-state index is 2.52. The van der Waals surface area contributed by atoms with E-state index in [4.69, 9.17) is 0 Å². The molecule has 0 aromatic heterocycles. The Morgan fingerprint density at radius 1 is 0.810 bits per heavy atom. The number of hydrogen-bond donors (Lipinski definition) is 0. The van der Waals surface area contributed by atoms with Crippen LogP contribution in [0, 0.1) is 0 Å². The molecule has 0 radical (unpaired) electrons. The zero-order valence-corrected chi connectivity index (χ0v) is 13.4. The van der Waals surface area contributed by atoms with Gasteiger partial charge in [-0.15, -0.1) is 0 Å². The molecule has 21 heavy (non-hydrogen) atoms. The van der Waals surface area contributed by atoms with E-state index >= 15 is 0 Å². The Morgan fingerprint density at radius 2 is 1.33 bits per heavy atom. The van der Waals surface area contributed by atoms with E-state index < -0.39 is 0 Å². The molecule has 0 N–H and O–H groups in total. The molecule has 1 heterocycles. The molecule has 0 bridgehead atoms. The summed E-state index contributed by atoms with van der Waals surface area (Å²) in [4.78, 5) is 0. The molecule has 1 aliphatic heterocycles. The van der Waals surface area contributed by atoms with Crippen molar-refractivity contribution in [1.29, 1.82) is 0 Å². The van der Waals surface area contributed by atoms with E-state index in [9.17, 15) is 0 Å². The van der Waals surface area contributed by atoms with Gasteiger partial charge < -0.3 is 0 Å². The summed E-state index contributed by atoms with van der Waals surface area (Å²) >= 11 is 1.95. The van der Waals surface area contributed by atoms with Gasteiger partial charge in [0.25, 0.3) is 0 Å². The van der Waals surface area contributed by atoms with E-state index in [1.165, 1.54) is 22.3 Å². The highest BCUT2D eigenvalue weighted by Crippen LogP contribution is 2.37. The fourth-order valence-corrected chi connectivity index (χ4v) is 3.96. The molecule has 1 aliphatic rings. The largest absolute Gasteiger partial charge is 0.234 e. The highest BCUT2D eigenvalue weighted by Gasteiger charge is 2.25.